The van der Waals surface area contributed by atoms with Crippen LogP contribution in [-0.2, 0) is 13.0 Å². The number of fused-ring (bicyclic) bond motifs is 2. The molecular weight excluding hydrogens is 368 g/mol. The van der Waals surface area contributed by atoms with Crippen LogP contribution in [0.3, 0.4) is 0 Å². The van der Waals surface area contributed by atoms with E-state index in [1.165, 1.54) is 0 Å². The van der Waals surface area contributed by atoms with Crippen LogP contribution in [0.25, 0.3) is 0 Å². The Morgan fingerprint density at radius 1 is 0.931 bits per heavy atom. The van der Waals surface area contributed by atoms with Crippen molar-refractivity contribution in [1.82, 2.24) is 24.6 Å². The predicted octanol–water partition coefficient (Wildman–Crippen LogP) is 1.87. The van der Waals surface area contributed by atoms with Gasteiger partial charge in [-0.25, -0.2) is 0 Å². The van der Waals surface area contributed by atoms with E-state index in [0.29, 0.717) is 43.5 Å². The SMILES string of the molecule is O=C(Nc1ccccc1)c1nnc2n1C[C@@H]1CN(C(=O)c3ccccn3)C[C@@H]1C2. The summed E-state index contributed by atoms with van der Waals surface area (Å²) in [6.07, 6.45) is 2.34. The minimum Gasteiger partial charge on any atom is -0.337 e. The molecule has 2 amide bonds. The minimum atomic E-state index is -0.271. The van der Waals surface area contributed by atoms with Gasteiger partial charge in [0.15, 0.2) is 0 Å². The molecule has 0 spiro atoms. The Bertz CT molecular complexity index is 1050. The maximum Gasteiger partial charge on any atom is 0.293 e. The zero-order valence-electron chi connectivity index (χ0n) is 15.7. The van der Waals surface area contributed by atoms with Crippen LogP contribution in [0.2, 0.25) is 0 Å². The average Bonchev–Trinajstić information content (AvgIpc) is 3.36. The Balaban J connectivity index is 1.31. The molecule has 2 aliphatic heterocycles. The van der Waals surface area contributed by atoms with E-state index in [0.717, 1.165) is 11.5 Å². The standard InChI is InChI=1S/C21H20N6O2/c28-20(23-16-6-2-1-3-7-16)19-25-24-18-10-14-11-26(12-15(14)13-27(18)19)21(29)17-8-4-5-9-22-17/h1-9,14-15H,10-13H2,(H,23,28)/t14-,15-/m0/s1. The summed E-state index contributed by atoms with van der Waals surface area (Å²) in [5, 5.41) is 11.2. The van der Waals surface area contributed by atoms with E-state index in [1.807, 2.05) is 45.9 Å². The molecule has 0 unspecified atom stereocenters. The quantitative estimate of drug-likeness (QED) is 0.739. The lowest BCUT2D eigenvalue weighted by Crippen LogP contribution is -2.31. The number of likely N-dealkylation sites (tertiary alicyclic amines) is 1. The lowest BCUT2D eigenvalue weighted by molar-refractivity contribution is 0.0777. The van der Waals surface area contributed by atoms with E-state index in [1.54, 1.807) is 18.3 Å². The summed E-state index contributed by atoms with van der Waals surface area (Å²) in [5.74, 6) is 1.40. The molecule has 0 aliphatic carbocycles. The number of hydrogen-bond donors (Lipinski definition) is 1. The van der Waals surface area contributed by atoms with Crippen molar-refractivity contribution in [3.63, 3.8) is 0 Å². The predicted molar refractivity (Wildman–Crippen MR) is 105 cm³/mol. The molecule has 4 heterocycles. The number of carbonyl (C=O) groups is 2. The number of aromatic nitrogens is 4. The number of rotatable bonds is 3. The molecule has 0 bridgehead atoms. The van der Waals surface area contributed by atoms with Crippen LogP contribution < -0.4 is 5.32 Å². The molecule has 2 atom stereocenters. The Labute approximate surface area is 167 Å². The van der Waals surface area contributed by atoms with E-state index in [-0.39, 0.29) is 17.7 Å². The molecule has 0 radical (unpaired) electrons. The molecule has 29 heavy (non-hydrogen) atoms. The number of hydrogen-bond acceptors (Lipinski definition) is 5. The number of nitrogens with zero attached hydrogens (tertiary/aromatic N) is 5. The van der Waals surface area contributed by atoms with Crippen molar-refractivity contribution in [1.29, 1.82) is 0 Å². The Hall–Kier alpha value is -3.55. The van der Waals surface area contributed by atoms with Crippen molar-refractivity contribution in [2.24, 2.45) is 11.8 Å². The summed E-state index contributed by atoms with van der Waals surface area (Å²) in [5.41, 5.74) is 1.19. The molecule has 3 aromatic rings. The second kappa shape index (κ2) is 7.12. The molecule has 8 heteroatoms. The maximum atomic E-state index is 12.7. The molecule has 2 aliphatic rings. The molecule has 1 fully saturated rings. The summed E-state index contributed by atoms with van der Waals surface area (Å²) >= 11 is 0. The van der Waals surface area contributed by atoms with Gasteiger partial charge in [0, 0.05) is 37.9 Å². The fourth-order valence-corrected chi connectivity index (χ4v) is 4.22. The van der Waals surface area contributed by atoms with Gasteiger partial charge in [0.25, 0.3) is 11.8 Å². The number of para-hydroxylation sites is 1. The Kier molecular flexibility index (Phi) is 4.31. The van der Waals surface area contributed by atoms with E-state index in [2.05, 4.69) is 20.5 Å². The average molecular weight is 388 g/mol. The number of amides is 2. The first-order valence-corrected chi connectivity index (χ1v) is 9.68. The number of benzene rings is 1. The second-order valence-electron chi connectivity index (χ2n) is 7.52. The van der Waals surface area contributed by atoms with Crippen molar-refractivity contribution in [3.8, 4) is 0 Å². The number of nitrogens with one attached hydrogen (secondary N) is 1. The zero-order valence-corrected chi connectivity index (χ0v) is 15.7. The van der Waals surface area contributed by atoms with Gasteiger partial charge in [-0.3, -0.25) is 14.6 Å². The highest BCUT2D eigenvalue weighted by Gasteiger charge is 2.41. The second-order valence-corrected chi connectivity index (χ2v) is 7.52. The molecule has 1 saturated heterocycles. The molecule has 5 rings (SSSR count). The fourth-order valence-electron chi connectivity index (χ4n) is 4.22. The monoisotopic (exact) mass is 388 g/mol. The summed E-state index contributed by atoms with van der Waals surface area (Å²) in [7, 11) is 0. The van der Waals surface area contributed by atoms with Crippen LogP contribution in [-0.4, -0.2) is 49.6 Å². The lowest BCUT2D eigenvalue weighted by Gasteiger charge is -2.25. The summed E-state index contributed by atoms with van der Waals surface area (Å²) in [6, 6.07) is 14.7. The van der Waals surface area contributed by atoms with Crippen LogP contribution in [0.5, 0.6) is 0 Å². The summed E-state index contributed by atoms with van der Waals surface area (Å²) in [4.78, 5) is 31.5. The van der Waals surface area contributed by atoms with Crippen LogP contribution in [0.4, 0.5) is 5.69 Å². The van der Waals surface area contributed by atoms with Gasteiger partial charge in [0.1, 0.15) is 11.5 Å². The Morgan fingerprint density at radius 3 is 2.52 bits per heavy atom. The molecule has 1 aromatic carbocycles. The zero-order chi connectivity index (χ0) is 19.8. The topological polar surface area (TPSA) is 93.0 Å². The highest BCUT2D eigenvalue weighted by atomic mass is 16.2. The molecule has 8 nitrogen and oxygen atoms in total. The van der Waals surface area contributed by atoms with Gasteiger partial charge < -0.3 is 14.8 Å². The normalized spacial score (nSPS) is 20.1. The summed E-state index contributed by atoms with van der Waals surface area (Å²) in [6.45, 7) is 1.96. The van der Waals surface area contributed by atoms with Gasteiger partial charge in [0.05, 0.1) is 0 Å². The van der Waals surface area contributed by atoms with E-state index in [4.69, 9.17) is 0 Å². The molecule has 1 N–H and O–H groups in total. The van der Waals surface area contributed by atoms with E-state index < -0.39 is 0 Å². The van der Waals surface area contributed by atoms with Crippen molar-refractivity contribution in [3.05, 3.63) is 72.1 Å². The van der Waals surface area contributed by atoms with E-state index >= 15 is 0 Å². The van der Waals surface area contributed by atoms with Gasteiger partial charge in [-0.2, -0.15) is 0 Å². The number of carbonyl (C=O) groups excluding carboxylic acids is 2. The first-order valence-electron chi connectivity index (χ1n) is 9.68. The summed E-state index contributed by atoms with van der Waals surface area (Å²) < 4.78 is 1.90. The van der Waals surface area contributed by atoms with Crippen molar-refractivity contribution >= 4 is 17.5 Å². The number of pyridine rings is 1. The van der Waals surface area contributed by atoms with Gasteiger partial charge in [-0.1, -0.05) is 24.3 Å². The minimum absolute atomic E-state index is 0.0437. The van der Waals surface area contributed by atoms with Gasteiger partial charge in [0.2, 0.25) is 5.82 Å². The Morgan fingerprint density at radius 2 is 1.72 bits per heavy atom. The smallest absolute Gasteiger partial charge is 0.293 e. The third-order valence-corrected chi connectivity index (χ3v) is 5.67. The number of anilines is 1. The lowest BCUT2D eigenvalue weighted by atomic mass is 9.89. The van der Waals surface area contributed by atoms with Gasteiger partial charge in [-0.15, -0.1) is 10.2 Å². The van der Waals surface area contributed by atoms with E-state index in [9.17, 15) is 9.59 Å². The van der Waals surface area contributed by atoms with Crippen molar-refractivity contribution < 1.29 is 9.59 Å². The van der Waals surface area contributed by atoms with Crippen LogP contribution in [0.15, 0.2) is 54.7 Å². The van der Waals surface area contributed by atoms with Crippen LogP contribution in [0.1, 0.15) is 26.9 Å². The molecular formula is C21H20N6O2. The first-order chi connectivity index (χ1) is 14.2. The largest absolute Gasteiger partial charge is 0.337 e. The third kappa shape index (κ3) is 3.26. The van der Waals surface area contributed by atoms with Gasteiger partial charge >= 0.3 is 0 Å². The third-order valence-electron chi connectivity index (χ3n) is 5.67. The first kappa shape index (κ1) is 17.5. The molecule has 0 saturated carbocycles. The fraction of sp³-hybridized carbons (Fsp3) is 0.286. The van der Waals surface area contributed by atoms with Gasteiger partial charge in [-0.05, 0) is 36.1 Å². The molecule has 2 aromatic heterocycles. The highest BCUT2D eigenvalue weighted by Crippen LogP contribution is 2.33. The maximum absolute atomic E-state index is 12.7. The van der Waals surface area contributed by atoms with Crippen molar-refractivity contribution in [2.75, 3.05) is 18.4 Å². The van der Waals surface area contributed by atoms with Crippen LogP contribution >= 0.6 is 0 Å². The van der Waals surface area contributed by atoms with Crippen molar-refractivity contribution in [2.45, 2.75) is 13.0 Å². The highest BCUT2D eigenvalue weighted by molar-refractivity contribution is 6.01. The molecule has 146 valence electrons. The van der Waals surface area contributed by atoms with Crippen LogP contribution in [0, 0.1) is 11.8 Å².